The molecule has 0 fully saturated rings. The molecule has 88 valence electrons. The molecule has 0 aliphatic heterocycles. The first-order valence-corrected chi connectivity index (χ1v) is 5.57. The van der Waals surface area contributed by atoms with E-state index in [0.717, 1.165) is 0 Å². The molecule has 0 heterocycles. The Labute approximate surface area is 83.7 Å². The van der Waals surface area contributed by atoms with Crippen molar-refractivity contribution in [3.05, 3.63) is 0 Å². The van der Waals surface area contributed by atoms with Gasteiger partial charge in [0.05, 0.1) is 12.1 Å². The van der Waals surface area contributed by atoms with Gasteiger partial charge in [0.1, 0.15) is 0 Å². The summed E-state index contributed by atoms with van der Waals surface area (Å²) in [7, 11) is -4.60. The fourth-order valence-electron chi connectivity index (χ4n) is 0.891. The van der Waals surface area contributed by atoms with Gasteiger partial charge < -0.3 is 20.0 Å². The first-order chi connectivity index (χ1) is 6.63. The third-order valence-corrected chi connectivity index (χ3v) is 2.48. The number of carboxylic acids is 2. The van der Waals surface area contributed by atoms with Gasteiger partial charge in [0.25, 0.3) is 0 Å². The summed E-state index contributed by atoms with van der Waals surface area (Å²) in [6.45, 7) is 0. The van der Waals surface area contributed by atoms with Crippen LogP contribution in [0.15, 0.2) is 0 Å². The van der Waals surface area contributed by atoms with Crippen LogP contribution in [0.25, 0.3) is 0 Å². The van der Waals surface area contributed by atoms with E-state index >= 15 is 0 Å². The molecular weight excluding hydrogens is 233 g/mol. The number of hydrogen-bond donors (Lipinski definition) is 4. The second kappa shape index (κ2) is 5.20. The lowest BCUT2D eigenvalue weighted by Gasteiger charge is -2.13. The van der Waals surface area contributed by atoms with Gasteiger partial charge in [0.15, 0.2) is 6.17 Å². The number of aliphatic carboxylic acids is 2. The van der Waals surface area contributed by atoms with Crippen LogP contribution in [0.2, 0.25) is 0 Å². The second-order valence-corrected chi connectivity index (χ2v) is 4.62. The lowest BCUT2D eigenvalue weighted by molar-refractivity contribution is -0.146. The predicted octanol–water partition coefficient (Wildman–Crippen LogP) is -0.322. The summed E-state index contributed by atoms with van der Waals surface area (Å²) in [6, 6.07) is 0. The van der Waals surface area contributed by atoms with E-state index in [2.05, 4.69) is 0 Å². The molecule has 0 amide bonds. The quantitative estimate of drug-likeness (QED) is 0.470. The highest BCUT2D eigenvalue weighted by Gasteiger charge is 2.32. The van der Waals surface area contributed by atoms with Crippen LogP contribution in [-0.4, -0.2) is 44.3 Å². The SMILES string of the molecule is O=C(O)[C@H](C[C@H]([18F])C(=O)O)CP(=O)(O)O. The van der Waals surface area contributed by atoms with Gasteiger partial charge in [0.2, 0.25) is 0 Å². The van der Waals surface area contributed by atoms with Crippen molar-refractivity contribution in [2.45, 2.75) is 12.6 Å². The molecule has 0 aliphatic rings. The van der Waals surface area contributed by atoms with Gasteiger partial charge >= 0.3 is 19.5 Å². The minimum Gasteiger partial charge on any atom is -0.481 e. The van der Waals surface area contributed by atoms with Crippen molar-refractivity contribution in [3.8, 4) is 0 Å². The first kappa shape index (κ1) is 14.0. The molecule has 2 atom stereocenters. The van der Waals surface area contributed by atoms with Crippen molar-refractivity contribution in [2.75, 3.05) is 6.16 Å². The maximum Gasteiger partial charge on any atom is 0.338 e. The Morgan fingerprint density at radius 1 is 1.20 bits per heavy atom. The van der Waals surface area contributed by atoms with Crippen molar-refractivity contribution in [1.29, 1.82) is 0 Å². The van der Waals surface area contributed by atoms with E-state index in [-0.39, 0.29) is 0 Å². The zero-order valence-electron chi connectivity index (χ0n) is 7.41. The van der Waals surface area contributed by atoms with Crippen molar-refractivity contribution in [2.24, 2.45) is 5.92 Å². The fraction of sp³-hybridized carbons (Fsp3) is 0.667. The third-order valence-electron chi connectivity index (χ3n) is 1.57. The van der Waals surface area contributed by atoms with Crippen molar-refractivity contribution in [3.63, 3.8) is 0 Å². The van der Waals surface area contributed by atoms with Gasteiger partial charge in [-0.25, -0.2) is 9.18 Å². The molecule has 0 rings (SSSR count). The second-order valence-electron chi connectivity index (χ2n) is 2.92. The highest BCUT2D eigenvalue weighted by molar-refractivity contribution is 7.51. The molecule has 0 aromatic heterocycles. The van der Waals surface area contributed by atoms with E-state index in [1.54, 1.807) is 0 Å². The Hall–Kier alpha value is -0.980. The molecule has 0 unspecified atom stereocenters. The van der Waals surface area contributed by atoms with Gasteiger partial charge in [-0.05, 0) is 0 Å². The summed E-state index contributed by atoms with van der Waals surface area (Å²) in [5.74, 6) is -5.20. The van der Waals surface area contributed by atoms with Gasteiger partial charge in [-0.1, -0.05) is 0 Å². The van der Waals surface area contributed by atoms with Crippen molar-refractivity contribution >= 4 is 19.5 Å². The van der Waals surface area contributed by atoms with Crippen LogP contribution in [0.5, 0.6) is 0 Å². The minimum absolute atomic E-state index is 0.963. The van der Waals surface area contributed by atoms with Crippen molar-refractivity contribution in [1.82, 2.24) is 0 Å². The summed E-state index contributed by atoms with van der Waals surface area (Å²) >= 11 is 0. The fourth-order valence-corrected chi connectivity index (χ4v) is 1.77. The lowest BCUT2D eigenvalue weighted by atomic mass is 10.0. The average molecular weight is 243 g/mol. The zero-order valence-corrected chi connectivity index (χ0v) is 8.30. The summed E-state index contributed by atoms with van der Waals surface area (Å²) in [6.07, 6.45) is -4.48. The van der Waals surface area contributed by atoms with Crippen LogP contribution in [0, 0.1) is 5.92 Å². The summed E-state index contributed by atoms with van der Waals surface area (Å²) in [5.41, 5.74) is 0. The number of rotatable bonds is 6. The van der Waals surface area contributed by atoms with E-state index in [1.165, 1.54) is 0 Å². The normalized spacial score (nSPS) is 15.7. The number of carbonyl (C=O) groups is 2. The van der Waals surface area contributed by atoms with Crippen LogP contribution in [-0.2, 0) is 14.2 Å². The van der Waals surface area contributed by atoms with Gasteiger partial charge in [-0.2, -0.15) is 0 Å². The molecule has 0 aromatic rings. The largest absolute Gasteiger partial charge is 0.481 e. The van der Waals surface area contributed by atoms with Crippen LogP contribution in [0.1, 0.15) is 6.42 Å². The zero-order chi connectivity index (χ0) is 12.2. The van der Waals surface area contributed by atoms with Crippen LogP contribution in [0.4, 0.5) is 4.39 Å². The molecular formula is C6H10FO7P. The Balaban J connectivity index is 4.49. The monoisotopic (exact) mass is 243 g/mol. The van der Waals surface area contributed by atoms with Gasteiger partial charge in [-0.3, -0.25) is 9.36 Å². The van der Waals surface area contributed by atoms with E-state index in [0.29, 0.717) is 0 Å². The minimum atomic E-state index is -4.60. The Kier molecular flexibility index (Phi) is 4.86. The van der Waals surface area contributed by atoms with Crippen molar-refractivity contribution < 1.29 is 38.5 Å². The number of halogens is 1. The van der Waals surface area contributed by atoms with Crippen LogP contribution < -0.4 is 0 Å². The molecule has 0 radical (unpaired) electrons. The topological polar surface area (TPSA) is 132 Å². The Bertz CT molecular complexity index is 298. The maximum absolute atomic E-state index is 12.6. The molecule has 0 spiro atoms. The molecule has 0 aromatic carbocycles. The molecule has 15 heavy (non-hydrogen) atoms. The number of hydrogen-bond acceptors (Lipinski definition) is 3. The van der Waals surface area contributed by atoms with E-state index in [1.807, 2.05) is 0 Å². The highest BCUT2D eigenvalue weighted by Crippen LogP contribution is 2.38. The summed E-state index contributed by atoms with van der Waals surface area (Å²) in [5, 5.41) is 16.6. The van der Waals surface area contributed by atoms with E-state index in [4.69, 9.17) is 20.0 Å². The smallest absolute Gasteiger partial charge is 0.338 e. The molecule has 0 bridgehead atoms. The molecule has 7 nitrogen and oxygen atoms in total. The lowest BCUT2D eigenvalue weighted by Crippen LogP contribution is -2.26. The Morgan fingerprint density at radius 2 is 1.67 bits per heavy atom. The molecule has 0 saturated carbocycles. The number of alkyl halides is 1. The van der Waals surface area contributed by atoms with E-state index in [9.17, 15) is 18.5 Å². The van der Waals surface area contributed by atoms with Crippen LogP contribution >= 0.6 is 7.60 Å². The molecule has 0 saturated heterocycles. The van der Waals surface area contributed by atoms with Gasteiger partial charge in [0, 0.05) is 6.42 Å². The summed E-state index contributed by atoms with van der Waals surface area (Å²) < 4.78 is 23.1. The highest BCUT2D eigenvalue weighted by atomic mass is 31.2. The molecule has 0 aliphatic carbocycles. The van der Waals surface area contributed by atoms with Gasteiger partial charge in [-0.15, -0.1) is 0 Å². The molecule has 4 N–H and O–H groups in total. The first-order valence-electron chi connectivity index (χ1n) is 3.77. The summed E-state index contributed by atoms with van der Waals surface area (Å²) in [4.78, 5) is 37.4. The van der Waals surface area contributed by atoms with Crippen LogP contribution in [0.3, 0.4) is 0 Å². The average Bonchev–Trinajstić information content (AvgIpc) is 1.99. The predicted molar refractivity (Wildman–Crippen MR) is 45.2 cm³/mol. The Morgan fingerprint density at radius 3 is 1.93 bits per heavy atom. The number of carboxylic acid groups (broad SMARTS) is 2. The van der Waals surface area contributed by atoms with E-state index < -0.39 is 44.2 Å². The maximum atomic E-state index is 12.6. The standard InChI is InChI=1S/C6H10FO7P/c7-4(6(10)11)1-3(5(8)9)2-15(12,13)14/h3-4H,1-2H2,(H,8,9)(H,10,11)(H2,12,13,14)/t3-,4+/m1/s1/i7-1. The third kappa shape index (κ3) is 6.16. The molecule has 9 heteroatoms.